The van der Waals surface area contributed by atoms with Gasteiger partial charge in [-0.2, -0.15) is 0 Å². The van der Waals surface area contributed by atoms with Crippen LogP contribution >= 0.6 is 0 Å². The number of rotatable bonds is 5. The Morgan fingerprint density at radius 2 is 1.90 bits per heavy atom. The standard InChI is InChI=1S/C7H11F3/c1-2-3-4-6(8)5-7(9)10/h2,6-7H,1,3-5H2. The third-order valence-corrected chi connectivity index (χ3v) is 1.12. The molecule has 0 bridgehead atoms. The zero-order chi connectivity index (χ0) is 7.98. The molecule has 3 heteroatoms. The van der Waals surface area contributed by atoms with Gasteiger partial charge in [0.25, 0.3) is 0 Å². The number of alkyl halides is 3. The second-order valence-electron chi connectivity index (χ2n) is 2.09. The van der Waals surface area contributed by atoms with Crippen molar-refractivity contribution in [2.75, 3.05) is 0 Å². The van der Waals surface area contributed by atoms with Crippen LogP contribution in [0.1, 0.15) is 19.3 Å². The summed E-state index contributed by atoms with van der Waals surface area (Å²) in [6.07, 6.45) is -2.40. The fourth-order valence-corrected chi connectivity index (χ4v) is 0.610. The molecule has 0 aliphatic rings. The van der Waals surface area contributed by atoms with Gasteiger partial charge >= 0.3 is 0 Å². The van der Waals surface area contributed by atoms with Gasteiger partial charge in [0.15, 0.2) is 0 Å². The maximum Gasteiger partial charge on any atom is 0.241 e. The summed E-state index contributed by atoms with van der Waals surface area (Å²) in [6, 6.07) is 0. The van der Waals surface area contributed by atoms with E-state index in [4.69, 9.17) is 0 Å². The lowest BCUT2D eigenvalue weighted by atomic mass is 10.1. The van der Waals surface area contributed by atoms with Crippen LogP contribution in [-0.4, -0.2) is 12.6 Å². The van der Waals surface area contributed by atoms with Crippen LogP contribution in [-0.2, 0) is 0 Å². The van der Waals surface area contributed by atoms with E-state index in [0.717, 1.165) is 0 Å². The SMILES string of the molecule is C=CCCC(F)CC(F)F. The highest BCUT2D eigenvalue weighted by Gasteiger charge is 2.12. The highest BCUT2D eigenvalue weighted by Crippen LogP contribution is 2.12. The lowest BCUT2D eigenvalue weighted by Crippen LogP contribution is -2.05. The molecule has 0 aliphatic carbocycles. The molecule has 0 rings (SSSR count). The van der Waals surface area contributed by atoms with E-state index in [-0.39, 0.29) is 6.42 Å². The zero-order valence-corrected chi connectivity index (χ0v) is 5.69. The molecule has 0 radical (unpaired) electrons. The summed E-state index contributed by atoms with van der Waals surface area (Å²) in [5.41, 5.74) is 0. The molecule has 0 saturated heterocycles. The van der Waals surface area contributed by atoms with Crippen molar-refractivity contribution >= 4 is 0 Å². The van der Waals surface area contributed by atoms with Crippen molar-refractivity contribution < 1.29 is 13.2 Å². The molecule has 0 heterocycles. The van der Waals surface area contributed by atoms with E-state index in [0.29, 0.717) is 6.42 Å². The second-order valence-corrected chi connectivity index (χ2v) is 2.09. The van der Waals surface area contributed by atoms with Crippen molar-refractivity contribution in [2.24, 2.45) is 0 Å². The van der Waals surface area contributed by atoms with Crippen molar-refractivity contribution in [3.63, 3.8) is 0 Å². The predicted octanol–water partition coefficient (Wildman–Crippen LogP) is 2.95. The summed E-state index contributed by atoms with van der Waals surface area (Å²) in [5, 5.41) is 0. The van der Waals surface area contributed by atoms with Gasteiger partial charge in [-0.1, -0.05) is 6.08 Å². The van der Waals surface area contributed by atoms with E-state index in [1.165, 1.54) is 6.08 Å². The smallest absolute Gasteiger partial charge is 0.241 e. The monoisotopic (exact) mass is 152 g/mol. The number of hydrogen-bond donors (Lipinski definition) is 0. The average Bonchev–Trinajstić information content (AvgIpc) is 1.82. The fraction of sp³-hybridized carbons (Fsp3) is 0.714. The van der Waals surface area contributed by atoms with Crippen molar-refractivity contribution in [2.45, 2.75) is 31.9 Å². The third kappa shape index (κ3) is 5.66. The molecule has 0 aliphatic heterocycles. The second kappa shape index (κ2) is 5.33. The van der Waals surface area contributed by atoms with Crippen molar-refractivity contribution in [3.8, 4) is 0 Å². The molecular formula is C7H11F3. The minimum Gasteiger partial charge on any atom is -0.247 e. The van der Waals surface area contributed by atoms with Crippen molar-refractivity contribution in [3.05, 3.63) is 12.7 Å². The van der Waals surface area contributed by atoms with Gasteiger partial charge in [0.2, 0.25) is 6.43 Å². The van der Waals surface area contributed by atoms with Gasteiger partial charge in [-0.15, -0.1) is 6.58 Å². The lowest BCUT2D eigenvalue weighted by Gasteiger charge is -2.03. The molecule has 0 nitrogen and oxygen atoms in total. The molecule has 0 aromatic rings. The van der Waals surface area contributed by atoms with Crippen LogP contribution in [0.2, 0.25) is 0 Å². The fourth-order valence-electron chi connectivity index (χ4n) is 0.610. The van der Waals surface area contributed by atoms with Crippen LogP contribution in [0.3, 0.4) is 0 Å². The minimum absolute atomic E-state index is 0.161. The van der Waals surface area contributed by atoms with E-state index >= 15 is 0 Å². The molecule has 0 fully saturated rings. The summed E-state index contributed by atoms with van der Waals surface area (Å²) in [5.74, 6) is 0. The summed E-state index contributed by atoms with van der Waals surface area (Å²) in [6.45, 7) is 3.36. The van der Waals surface area contributed by atoms with Crippen LogP contribution in [0.5, 0.6) is 0 Å². The Balaban J connectivity index is 3.24. The first-order valence-electron chi connectivity index (χ1n) is 3.20. The number of allylic oxidation sites excluding steroid dienone is 1. The molecule has 0 N–H and O–H groups in total. The molecule has 1 unspecified atom stereocenters. The first kappa shape index (κ1) is 9.53. The van der Waals surface area contributed by atoms with Crippen LogP contribution in [0.25, 0.3) is 0 Å². The number of halogens is 3. The first-order chi connectivity index (χ1) is 4.66. The predicted molar refractivity (Wildman–Crippen MR) is 34.9 cm³/mol. The van der Waals surface area contributed by atoms with Crippen LogP contribution in [0, 0.1) is 0 Å². The summed E-state index contributed by atoms with van der Waals surface area (Å²) in [7, 11) is 0. The van der Waals surface area contributed by atoms with E-state index in [2.05, 4.69) is 6.58 Å². The third-order valence-electron chi connectivity index (χ3n) is 1.12. The number of hydrogen-bond acceptors (Lipinski definition) is 0. The van der Waals surface area contributed by atoms with Gasteiger partial charge in [-0.05, 0) is 12.8 Å². The Kier molecular flexibility index (Phi) is 5.08. The Hall–Kier alpha value is -0.470. The largest absolute Gasteiger partial charge is 0.247 e. The molecular weight excluding hydrogens is 141 g/mol. The van der Waals surface area contributed by atoms with Crippen LogP contribution in [0.15, 0.2) is 12.7 Å². The molecule has 1 atom stereocenters. The zero-order valence-electron chi connectivity index (χ0n) is 5.69. The highest BCUT2D eigenvalue weighted by atomic mass is 19.3. The lowest BCUT2D eigenvalue weighted by molar-refractivity contribution is 0.0978. The van der Waals surface area contributed by atoms with E-state index < -0.39 is 19.0 Å². The Morgan fingerprint density at radius 1 is 1.30 bits per heavy atom. The molecule has 0 spiro atoms. The first-order valence-corrected chi connectivity index (χ1v) is 3.20. The summed E-state index contributed by atoms with van der Waals surface area (Å²) < 4.78 is 35.2. The minimum atomic E-state index is -2.53. The molecule has 10 heavy (non-hydrogen) atoms. The molecule has 0 aromatic carbocycles. The normalized spacial score (nSPS) is 13.6. The van der Waals surface area contributed by atoms with Gasteiger partial charge in [0, 0.05) is 6.42 Å². The van der Waals surface area contributed by atoms with E-state index in [1.54, 1.807) is 0 Å². The van der Waals surface area contributed by atoms with Crippen LogP contribution in [0.4, 0.5) is 13.2 Å². The molecule has 0 amide bonds. The van der Waals surface area contributed by atoms with Crippen LogP contribution < -0.4 is 0 Å². The maximum atomic E-state index is 12.3. The van der Waals surface area contributed by atoms with Crippen molar-refractivity contribution in [1.82, 2.24) is 0 Å². The topological polar surface area (TPSA) is 0 Å². The van der Waals surface area contributed by atoms with Gasteiger partial charge in [0.1, 0.15) is 6.17 Å². The van der Waals surface area contributed by atoms with E-state index in [9.17, 15) is 13.2 Å². The maximum absolute atomic E-state index is 12.3. The average molecular weight is 152 g/mol. The Labute approximate surface area is 58.7 Å². The van der Waals surface area contributed by atoms with Gasteiger partial charge in [-0.25, -0.2) is 13.2 Å². The summed E-state index contributed by atoms with van der Waals surface area (Å²) >= 11 is 0. The Bertz CT molecular complexity index is 90.9. The van der Waals surface area contributed by atoms with Gasteiger partial charge in [0.05, 0.1) is 0 Å². The van der Waals surface area contributed by atoms with E-state index in [1.807, 2.05) is 0 Å². The quantitative estimate of drug-likeness (QED) is 0.531. The molecule has 0 aromatic heterocycles. The van der Waals surface area contributed by atoms with Crippen molar-refractivity contribution in [1.29, 1.82) is 0 Å². The molecule has 60 valence electrons. The molecule has 0 saturated carbocycles. The Morgan fingerprint density at radius 3 is 2.30 bits per heavy atom. The summed E-state index contributed by atoms with van der Waals surface area (Å²) in [4.78, 5) is 0. The van der Waals surface area contributed by atoms with Gasteiger partial charge < -0.3 is 0 Å². The highest BCUT2D eigenvalue weighted by molar-refractivity contribution is 4.69. The van der Waals surface area contributed by atoms with Gasteiger partial charge in [-0.3, -0.25) is 0 Å².